The number of hydrogen-bond acceptors (Lipinski definition) is 4. The zero-order valence-corrected chi connectivity index (χ0v) is 11.4. The van der Waals surface area contributed by atoms with Crippen molar-refractivity contribution >= 4 is 11.9 Å². The van der Waals surface area contributed by atoms with Crippen LogP contribution < -0.4 is 20.1 Å². The Hall–Kier alpha value is -2.24. The van der Waals surface area contributed by atoms with Gasteiger partial charge in [-0.25, -0.2) is 0 Å². The van der Waals surface area contributed by atoms with Gasteiger partial charge >= 0.3 is 0 Å². The number of benzene rings is 1. The van der Waals surface area contributed by atoms with Crippen LogP contribution in [-0.2, 0) is 10.3 Å². The third-order valence-electron chi connectivity index (χ3n) is 3.23. The van der Waals surface area contributed by atoms with Gasteiger partial charge in [-0.05, 0) is 19.1 Å². The molecule has 0 aliphatic carbocycles. The lowest BCUT2D eigenvalue weighted by Gasteiger charge is -2.24. The van der Waals surface area contributed by atoms with E-state index in [-0.39, 0.29) is 5.91 Å². The molecule has 1 fully saturated rings. The van der Waals surface area contributed by atoms with Gasteiger partial charge in [0.25, 0.3) is 5.91 Å². The summed E-state index contributed by atoms with van der Waals surface area (Å²) < 4.78 is 10.5. The highest BCUT2D eigenvalue weighted by atomic mass is 16.5. The molecule has 1 amide bonds. The molecule has 0 bridgehead atoms. The van der Waals surface area contributed by atoms with Crippen LogP contribution in [-0.4, -0.2) is 33.1 Å². The SMILES string of the molecule is CN=C1NC(=O)C(C)(c2ccc(OC)cc2OC)N1. The number of hydrogen-bond donors (Lipinski definition) is 2. The van der Waals surface area contributed by atoms with Gasteiger partial charge in [-0.15, -0.1) is 0 Å². The average Bonchev–Trinajstić information content (AvgIpc) is 2.74. The molecule has 2 N–H and O–H groups in total. The Bertz CT molecular complexity index is 542. The maximum atomic E-state index is 12.1. The normalized spacial score (nSPS) is 24.0. The van der Waals surface area contributed by atoms with E-state index in [2.05, 4.69) is 15.6 Å². The van der Waals surface area contributed by atoms with E-state index in [0.717, 1.165) is 5.56 Å². The maximum Gasteiger partial charge on any atom is 0.256 e. The fourth-order valence-electron chi connectivity index (χ4n) is 2.07. The molecule has 0 saturated carbocycles. The summed E-state index contributed by atoms with van der Waals surface area (Å²) in [7, 11) is 4.75. The zero-order valence-electron chi connectivity index (χ0n) is 11.4. The van der Waals surface area contributed by atoms with Crippen molar-refractivity contribution in [3.8, 4) is 11.5 Å². The second-order valence-corrected chi connectivity index (χ2v) is 4.34. The lowest BCUT2D eigenvalue weighted by molar-refractivity contribution is -0.123. The summed E-state index contributed by atoms with van der Waals surface area (Å²) >= 11 is 0. The molecule has 0 radical (unpaired) electrons. The van der Waals surface area contributed by atoms with E-state index in [1.54, 1.807) is 40.3 Å². The lowest BCUT2D eigenvalue weighted by atomic mass is 9.91. The Balaban J connectivity index is 2.49. The molecular formula is C13H17N3O3. The van der Waals surface area contributed by atoms with Crippen LogP contribution in [0.1, 0.15) is 12.5 Å². The Morgan fingerprint density at radius 3 is 2.53 bits per heavy atom. The highest BCUT2D eigenvalue weighted by Gasteiger charge is 2.44. The van der Waals surface area contributed by atoms with Crippen molar-refractivity contribution < 1.29 is 14.3 Å². The number of methoxy groups -OCH3 is 2. The predicted molar refractivity (Wildman–Crippen MR) is 71.5 cm³/mol. The summed E-state index contributed by atoms with van der Waals surface area (Å²) in [5.41, 5.74) is -0.182. The molecule has 2 rings (SSSR count). The second-order valence-electron chi connectivity index (χ2n) is 4.34. The Kier molecular flexibility index (Phi) is 3.33. The summed E-state index contributed by atoms with van der Waals surface area (Å²) in [5.74, 6) is 1.54. The van der Waals surface area contributed by atoms with Gasteiger partial charge in [-0.1, -0.05) is 0 Å². The molecule has 1 aromatic rings. The molecule has 102 valence electrons. The van der Waals surface area contributed by atoms with Crippen molar-refractivity contribution in [3.05, 3.63) is 23.8 Å². The molecule has 0 spiro atoms. The number of ether oxygens (including phenoxy) is 2. The summed E-state index contributed by atoms with van der Waals surface area (Å²) in [6.07, 6.45) is 0. The third-order valence-corrected chi connectivity index (χ3v) is 3.23. The van der Waals surface area contributed by atoms with E-state index in [1.807, 2.05) is 6.07 Å². The molecule has 6 nitrogen and oxygen atoms in total. The van der Waals surface area contributed by atoms with E-state index in [1.165, 1.54) is 0 Å². The maximum absolute atomic E-state index is 12.1. The van der Waals surface area contributed by atoms with Crippen LogP contribution in [0.4, 0.5) is 0 Å². The molecule has 1 aromatic carbocycles. The fraction of sp³-hybridized carbons (Fsp3) is 0.385. The van der Waals surface area contributed by atoms with Crippen molar-refractivity contribution in [3.63, 3.8) is 0 Å². The molecule has 1 aliphatic rings. The van der Waals surface area contributed by atoms with Crippen molar-refractivity contribution in [2.24, 2.45) is 4.99 Å². The fourth-order valence-corrected chi connectivity index (χ4v) is 2.07. The molecule has 1 aliphatic heterocycles. The predicted octanol–water partition coefficient (Wildman–Crippen LogP) is 0.624. The van der Waals surface area contributed by atoms with E-state index >= 15 is 0 Å². The number of rotatable bonds is 3. The van der Waals surface area contributed by atoms with Crippen molar-refractivity contribution in [1.82, 2.24) is 10.6 Å². The number of carbonyl (C=O) groups is 1. The minimum atomic E-state index is -0.910. The lowest BCUT2D eigenvalue weighted by Crippen LogP contribution is -2.41. The molecule has 1 saturated heterocycles. The first kappa shape index (κ1) is 13.2. The number of carbonyl (C=O) groups excluding carboxylic acids is 1. The van der Waals surface area contributed by atoms with E-state index in [0.29, 0.717) is 17.5 Å². The topological polar surface area (TPSA) is 72.0 Å². The highest BCUT2D eigenvalue weighted by molar-refractivity contribution is 6.09. The third kappa shape index (κ3) is 2.09. The number of guanidine groups is 1. The van der Waals surface area contributed by atoms with Crippen LogP contribution in [0, 0.1) is 0 Å². The van der Waals surface area contributed by atoms with E-state index in [9.17, 15) is 4.79 Å². The van der Waals surface area contributed by atoms with Crippen molar-refractivity contribution in [1.29, 1.82) is 0 Å². The standard InChI is InChI=1S/C13H17N3O3/c1-13(11(17)15-12(14-2)16-13)9-6-5-8(18-3)7-10(9)19-4/h5-7H,1-4H3,(H2,14,15,16,17). The first-order chi connectivity index (χ1) is 9.05. The van der Waals surface area contributed by atoms with Gasteiger partial charge in [0.05, 0.1) is 14.2 Å². The average molecular weight is 263 g/mol. The zero-order chi connectivity index (χ0) is 14.0. The van der Waals surface area contributed by atoms with Gasteiger partial charge in [-0.3, -0.25) is 15.1 Å². The van der Waals surface area contributed by atoms with Gasteiger partial charge in [0, 0.05) is 18.7 Å². The molecular weight excluding hydrogens is 246 g/mol. The molecule has 0 aromatic heterocycles. The van der Waals surface area contributed by atoms with Gasteiger partial charge in [-0.2, -0.15) is 0 Å². The Morgan fingerprint density at radius 2 is 2.00 bits per heavy atom. The van der Waals surface area contributed by atoms with Crippen LogP contribution in [0.25, 0.3) is 0 Å². The summed E-state index contributed by atoms with van der Waals surface area (Å²) in [4.78, 5) is 16.1. The van der Waals surface area contributed by atoms with Crippen LogP contribution >= 0.6 is 0 Å². The minimum Gasteiger partial charge on any atom is -0.497 e. The molecule has 1 atom stereocenters. The minimum absolute atomic E-state index is 0.170. The monoisotopic (exact) mass is 263 g/mol. The number of nitrogens with zero attached hydrogens (tertiary/aromatic N) is 1. The van der Waals surface area contributed by atoms with Crippen LogP contribution in [0.5, 0.6) is 11.5 Å². The summed E-state index contributed by atoms with van der Waals surface area (Å²) in [5, 5.41) is 5.75. The van der Waals surface area contributed by atoms with Crippen LogP contribution in [0.3, 0.4) is 0 Å². The molecule has 6 heteroatoms. The van der Waals surface area contributed by atoms with Crippen LogP contribution in [0.2, 0.25) is 0 Å². The van der Waals surface area contributed by atoms with E-state index in [4.69, 9.17) is 9.47 Å². The van der Waals surface area contributed by atoms with Crippen molar-refractivity contribution in [2.45, 2.75) is 12.5 Å². The smallest absolute Gasteiger partial charge is 0.256 e. The largest absolute Gasteiger partial charge is 0.497 e. The van der Waals surface area contributed by atoms with E-state index < -0.39 is 5.54 Å². The molecule has 1 unspecified atom stereocenters. The van der Waals surface area contributed by atoms with Crippen LogP contribution in [0.15, 0.2) is 23.2 Å². The van der Waals surface area contributed by atoms with Gasteiger partial charge in [0.1, 0.15) is 17.0 Å². The quantitative estimate of drug-likeness (QED) is 0.838. The summed E-state index contributed by atoms with van der Waals surface area (Å²) in [6.45, 7) is 1.78. The number of amides is 1. The van der Waals surface area contributed by atoms with Gasteiger partial charge in [0.15, 0.2) is 5.96 Å². The molecule has 1 heterocycles. The first-order valence-corrected chi connectivity index (χ1v) is 5.84. The highest BCUT2D eigenvalue weighted by Crippen LogP contribution is 2.34. The van der Waals surface area contributed by atoms with Crippen molar-refractivity contribution in [2.75, 3.05) is 21.3 Å². The van der Waals surface area contributed by atoms with Gasteiger partial charge < -0.3 is 14.8 Å². The van der Waals surface area contributed by atoms with Gasteiger partial charge in [0.2, 0.25) is 0 Å². The Labute approximate surface area is 111 Å². The summed E-state index contributed by atoms with van der Waals surface area (Å²) in [6, 6.07) is 5.35. The second kappa shape index (κ2) is 4.79. The number of nitrogens with one attached hydrogen (secondary N) is 2. The number of aliphatic imine (C=N–C) groups is 1. The first-order valence-electron chi connectivity index (χ1n) is 5.84. The Morgan fingerprint density at radius 1 is 1.26 bits per heavy atom. The molecule has 19 heavy (non-hydrogen) atoms.